The van der Waals surface area contributed by atoms with Crippen molar-refractivity contribution in [2.45, 2.75) is 25.5 Å². The molecule has 0 saturated carbocycles. The first-order valence-corrected chi connectivity index (χ1v) is 9.97. The lowest BCUT2D eigenvalue weighted by molar-refractivity contribution is 0.0849. The molecule has 4 rings (SSSR count). The van der Waals surface area contributed by atoms with Crippen LogP contribution in [0.3, 0.4) is 0 Å². The fraction of sp³-hybridized carbons (Fsp3) is 0.273. The Kier molecular flexibility index (Phi) is 6.03. The van der Waals surface area contributed by atoms with Gasteiger partial charge in [-0.1, -0.05) is 30.3 Å². The lowest BCUT2D eigenvalue weighted by atomic mass is 10.2. The number of ether oxygens (including phenoxy) is 1. The summed E-state index contributed by atoms with van der Waals surface area (Å²) in [6, 6.07) is 14.0. The van der Waals surface area contributed by atoms with Crippen molar-refractivity contribution in [3.63, 3.8) is 0 Å². The smallest absolute Gasteiger partial charge is 0.352 e. The number of aromatic nitrogens is 3. The number of benzene rings is 2. The van der Waals surface area contributed by atoms with Gasteiger partial charge in [0.25, 0.3) is 11.5 Å². The number of carbonyl (C=O) groups excluding carboxylic acids is 1. The van der Waals surface area contributed by atoms with E-state index in [-0.39, 0.29) is 24.9 Å². The molecular weight excluding hydrogens is 403 g/mol. The molecule has 1 saturated heterocycles. The van der Waals surface area contributed by atoms with Crippen molar-refractivity contribution < 1.29 is 13.9 Å². The number of hydrogen-bond donors (Lipinski definition) is 1. The summed E-state index contributed by atoms with van der Waals surface area (Å²) in [5.74, 6) is -1.18. The number of hydrogen-bond acceptors (Lipinski definition) is 5. The van der Waals surface area contributed by atoms with Gasteiger partial charge in [0.2, 0.25) is 5.69 Å². The second-order valence-electron chi connectivity index (χ2n) is 7.24. The predicted octanol–water partition coefficient (Wildman–Crippen LogP) is 1.49. The van der Waals surface area contributed by atoms with Gasteiger partial charge in [-0.15, -0.1) is 0 Å². The van der Waals surface area contributed by atoms with Crippen molar-refractivity contribution in [1.82, 2.24) is 19.7 Å². The number of nitrogens with one attached hydrogen (secondary N) is 1. The van der Waals surface area contributed by atoms with Gasteiger partial charge in [-0.05, 0) is 42.7 Å². The summed E-state index contributed by atoms with van der Waals surface area (Å²) < 4.78 is 20.7. The third-order valence-corrected chi connectivity index (χ3v) is 5.04. The highest BCUT2D eigenvalue weighted by atomic mass is 19.1. The van der Waals surface area contributed by atoms with E-state index in [9.17, 15) is 18.8 Å². The topological polar surface area (TPSA) is 95.2 Å². The van der Waals surface area contributed by atoms with E-state index in [0.717, 1.165) is 22.1 Å². The van der Waals surface area contributed by atoms with Crippen molar-refractivity contribution in [3.05, 3.63) is 92.5 Å². The van der Waals surface area contributed by atoms with E-state index in [4.69, 9.17) is 4.74 Å². The Labute approximate surface area is 176 Å². The number of carbonyl (C=O) groups is 1. The number of nitrogens with zero attached hydrogens (tertiary/aromatic N) is 3. The second kappa shape index (κ2) is 9.05. The molecule has 1 unspecified atom stereocenters. The zero-order valence-electron chi connectivity index (χ0n) is 16.7. The molecule has 0 aliphatic carbocycles. The Morgan fingerprint density at radius 1 is 1.13 bits per heavy atom. The van der Waals surface area contributed by atoms with Gasteiger partial charge in [0.15, 0.2) is 0 Å². The molecule has 1 fully saturated rings. The Balaban J connectivity index is 1.75. The molecule has 0 spiro atoms. The van der Waals surface area contributed by atoms with Crippen LogP contribution in [0.2, 0.25) is 0 Å². The van der Waals surface area contributed by atoms with Crippen LogP contribution in [0, 0.1) is 5.82 Å². The molecule has 1 aromatic heterocycles. The quantitative estimate of drug-likeness (QED) is 0.647. The molecule has 1 atom stereocenters. The van der Waals surface area contributed by atoms with Crippen molar-refractivity contribution >= 4 is 5.91 Å². The van der Waals surface area contributed by atoms with Crippen LogP contribution < -0.4 is 16.6 Å². The Bertz CT molecular complexity index is 1180. The van der Waals surface area contributed by atoms with Crippen LogP contribution in [0.15, 0.2) is 64.2 Å². The first kappa shape index (κ1) is 20.7. The fourth-order valence-electron chi connectivity index (χ4n) is 3.41. The van der Waals surface area contributed by atoms with Crippen LogP contribution in [-0.2, 0) is 11.3 Å². The van der Waals surface area contributed by atoms with E-state index in [2.05, 4.69) is 10.4 Å². The number of amides is 1. The SMILES string of the molecule is O=C(NCC1CCCO1)c1nn(-c2ccc(F)cc2)c(=O)n(Cc2ccccc2)c1=O. The monoisotopic (exact) mass is 424 g/mol. The molecule has 8 nitrogen and oxygen atoms in total. The highest BCUT2D eigenvalue weighted by Gasteiger charge is 2.22. The standard InChI is InChI=1S/C22H21FN4O4/c23-16-8-10-17(11-9-16)27-22(30)26(14-15-5-2-1-3-6-15)21(29)19(25-27)20(28)24-13-18-7-4-12-31-18/h1-3,5-6,8-11,18H,4,7,12-14H2,(H,24,28). The molecule has 160 valence electrons. The van der Waals surface area contributed by atoms with Gasteiger partial charge >= 0.3 is 5.69 Å². The highest BCUT2D eigenvalue weighted by Crippen LogP contribution is 2.11. The summed E-state index contributed by atoms with van der Waals surface area (Å²) >= 11 is 0. The maximum absolute atomic E-state index is 13.4. The largest absolute Gasteiger partial charge is 0.376 e. The highest BCUT2D eigenvalue weighted by molar-refractivity contribution is 5.91. The van der Waals surface area contributed by atoms with Crippen LogP contribution in [0.25, 0.3) is 5.69 Å². The van der Waals surface area contributed by atoms with E-state index in [1.54, 1.807) is 24.3 Å². The zero-order chi connectivity index (χ0) is 21.8. The van der Waals surface area contributed by atoms with E-state index in [1.807, 2.05) is 6.07 Å². The molecule has 2 aromatic carbocycles. The summed E-state index contributed by atoms with van der Waals surface area (Å²) in [7, 11) is 0. The first-order valence-electron chi connectivity index (χ1n) is 9.97. The molecule has 9 heteroatoms. The fourth-order valence-corrected chi connectivity index (χ4v) is 3.41. The van der Waals surface area contributed by atoms with Crippen LogP contribution in [0.5, 0.6) is 0 Å². The maximum atomic E-state index is 13.4. The van der Waals surface area contributed by atoms with E-state index < -0.39 is 28.7 Å². The van der Waals surface area contributed by atoms with Crippen LogP contribution in [0.1, 0.15) is 28.9 Å². The predicted molar refractivity (Wildman–Crippen MR) is 111 cm³/mol. The molecule has 3 aromatic rings. The summed E-state index contributed by atoms with van der Waals surface area (Å²) in [5, 5.41) is 6.68. The third-order valence-electron chi connectivity index (χ3n) is 5.04. The summed E-state index contributed by atoms with van der Waals surface area (Å²) in [4.78, 5) is 38.8. The van der Waals surface area contributed by atoms with Crippen molar-refractivity contribution in [2.24, 2.45) is 0 Å². The molecule has 1 aliphatic heterocycles. The molecular formula is C22H21FN4O4. The molecule has 1 N–H and O–H groups in total. The summed E-state index contributed by atoms with van der Waals surface area (Å²) in [5.41, 5.74) is -0.989. The Morgan fingerprint density at radius 2 is 1.87 bits per heavy atom. The first-order chi connectivity index (χ1) is 15.0. The van der Waals surface area contributed by atoms with E-state index >= 15 is 0 Å². The van der Waals surface area contributed by atoms with Gasteiger partial charge in [0.1, 0.15) is 5.82 Å². The van der Waals surface area contributed by atoms with Gasteiger partial charge in [0, 0.05) is 13.2 Å². The minimum atomic E-state index is -0.794. The third kappa shape index (κ3) is 4.61. The van der Waals surface area contributed by atoms with E-state index in [0.29, 0.717) is 12.2 Å². The van der Waals surface area contributed by atoms with Gasteiger partial charge < -0.3 is 10.1 Å². The Hall–Kier alpha value is -3.59. The molecule has 2 heterocycles. The average molecular weight is 424 g/mol. The second-order valence-corrected chi connectivity index (χ2v) is 7.24. The molecule has 0 radical (unpaired) electrons. The van der Waals surface area contributed by atoms with Crippen LogP contribution in [-0.4, -0.2) is 39.5 Å². The molecule has 0 bridgehead atoms. The Morgan fingerprint density at radius 3 is 2.55 bits per heavy atom. The normalized spacial score (nSPS) is 15.7. The average Bonchev–Trinajstić information content (AvgIpc) is 3.30. The molecule has 31 heavy (non-hydrogen) atoms. The minimum Gasteiger partial charge on any atom is -0.376 e. The summed E-state index contributed by atoms with van der Waals surface area (Å²) in [6.45, 7) is 0.848. The van der Waals surface area contributed by atoms with Crippen molar-refractivity contribution in [2.75, 3.05) is 13.2 Å². The van der Waals surface area contributed by atoms with Crippen molar-refractivity contribution in [3.8, 4) is 5.69 Å². The lowest BCUT2D eigenvalue weighted by Gasteiger charge is -2.13. The van der Waals surface area contributed by atoms with Gasteiger partial charge in [-0.25, -0.2) is 9.18 Å². The van der Waals surface area contributed by atoms with Crippen molar-refractivity contribution in [1.29, 1.82) is 0 Å². The number of halogens is 1. The maximum Gasteiger partial charge on any atom is 0.352 e. The molecule has 1 amide bonds. The number of rotatable bonds is 6. The van der Waals surface area contributed by atoms with Gasteiger partial charge in [0.05, 0.1) is 18.3 Å². The minimum absolute atomic E-state index is 0.0335. The zero-order valence-corrected chi connectivity index (χ0v) is 16.7. The molecule has 1 aliphatic rings. The van der Waals surface area contributed by atoms with Crippen LogP contribution >= 0.6 is 0 Å². The van der Waals surface area contributed by atoms with E-state index in [1.165, 1.54) is 24.3 Å². The van der Waals surface area contributed by atoms with Crippen LogP contribution in [0.4, 0.5) is 4.39 Å². The van der Waals surface area contributed by atoms with Gasteiger partial charge in [-0.3, -0.25) is 14.2 Å². The van der Waals surface area contributed by atoms with Gasteiger partial charge in [-0.2, -0.15) is 9.78 Å². The lowest BCUT2D eigenvalue weighted by Crippen LogP contribution is -2.46. The summed E-state index contributed by atoms with van der Waals surface area (Å²) in [6.07, 6.45) is 1.62.